The minimum Gasteiger partial charge on any atom is -0.349 e. The van der Waals surface area contributed by atoms with Gasteiger partial charge in [0.05, 0.1) is 12.7 Å². The highest BCUT2D eigenvalue weighted by Crippen LogP contribution is 2.35. The summed E-state index contributed by atoms with van der Waals surface area (Å²) in [5, 5.41) is 12.8. The number of carbonyl (C=O) groups excluding carboxylic acids is 1. The van der Waals surface area contributed by atoms with Crippen LogP contribution in [0, 0.1) is 0 Å². The number of rotatable bonds is 6. The molecule has 0 saturated heterocycles. The molecule has 2 N–H and O–H groups in total. The molecule has 0 spiro atoms. The third-order valence-corrected chi connectivity index (χ3v) is 4.51. The number of hydrogen-bond donors (Lipinski definition) is 2. The molecule has 23 heavy (non-hydrogen) atoms. The molecular weight excluding hydrogens is 308 g/mol. The highest BCUT2D eigenvalue weighted by Gasteiger charge is 2.21. The number of nitrogens with zero attached hydrogens (tertiary/aromatic N) is 2. The Bertz CT molecular complexity index is 732. The molecule has 3 aromatic rings. The predicted octanol–water partition coefficient (Wildman–Crippen LogP) is 2.95. The fourth-order valence-electron chi connectivity index (χ4n) is 2.12. The van der Waals surface area contributed by atoms with Crippen LogP contribution in [0.1, 0.15) is 16.5 Å². The monoisotopic (exact) mass is 324 g/mol. The Morgan fingerprint density at radius 1 is 1.09 bits per heavy atom. The fourth-order valence-corrected chi connectivity index (χ4v) is 3.19. The molecule has 0 aliphatic heterocycles. The van der Waals surface area contributed by atoms with Crippen molar-refractivity contribution in [2.75, 3.05) is 0 Å². The minimum absolute atomic E-state index is 0.0481. The van der Waals surface area contributed by atoms with Gasteiger partial charge < -0.3 is 5.32 Å². The van der Waals surface area contributed by atoms with Crippen molar-refractivity contribution in [3.8, 4) is 0 Å². The zero-order chi connectivity index (χ0) is 15.9. The van der Waals surface area contributed by atoms with Gasteiger partial charge in [-0.05, 0) is 17.7 Å². The summed E-state index contributed by atoms with van der Waals surface area (Å²) >= 11 is 1.53. The lowest BCUT2D eigenvalue weighted by Gasteiger charge is -2.16. The van der Waals surface area contributed by atoms with Crippen molar-refractivity contribution in [3.63, 3.8) is 0 Å². The van der Waals surface area contributed by atoms with E-state index in [2.05, 4.69) is 20.7 Å². The van der Waals surface area contributed by atoms with Crippen LogP contribution < -0.4 is 5.32 Å². The second-order valence-electron chi connectivity index (χ2n) is 4.90. The van der Waals surface area contributed by atoms with Gasteiger partial charge in [0.1, 0.15) is 10.9 Å². The van der Waals surface area contributed by atoms with Crippen LogP contribution in [-0.4, -0.2) is 21.3 Å². The summed E-state index contributed by atoms with van der Waals surface area (Å²) in [5.41, 5.74) is 1.67. The highest BCUT2D eigenvalue weighted by atomic mass is 32.2. The molecule has 2 aromatic carbocycles. The summed E-state index contributed by atoms with van der Waals surface area (Å²) in [6.07, 6.45) is 1.60. The first-order valence-corrected chi connectivity index (χ1v) is 8.10. The molecule has 0 saturated carbocycles. The van der Waals surface area contributed by atoms with Gasteiger partial charge >= 0.3 is 0 Å². The molecule has 6 heteroatoms. The second-order valence-corrected chi connectivity index (χ2v) is 6.08. The molecule has 1 atom stereocenters. The van der Waals surface area contributed by atoms with Crippen molar-refractivity contribution in [2.24, 2.45) is 0 Å². The number of nitrogens with one attached hydrogen (secondary N) is 2. The Kier molecular flexibility index (Phi) is 5.06. The Morgan fingerprint density at radius 2 is 1.78 bits per heavy atom. The summed E-state index contributed by atoms with van der Waals surface area (Å²) < 4.78 is 0. The molecule has 3 rings (SSSR count). The van der Waals surface area contributed by atoms with Gasteiger partial charge in [0.2, 0.25) is 5.91 Å². The van der Waals surface area contributed by atoms with E-state index in [1.807, 2.05) is 60.7 Å². The van der Waals surface area contributed by atoms with Gasteiger partial charge in [0, 0.05) is 4.90 Å². The van der Waals surface area contributed by atoms with E-state index in [1.54, 1.807) is 6.20 Å². The number of H-pyrrole nitrogens is 1. The van der Waals surface area contributed by atoms with E-state index in [9.17, 15) is 4.79 Å². The van der Waals surface area contributed by atoms with Crippen LogP contribution >= 0.6 is 11.8 Å². The first kappa shape index (κ1) is 15.3. The first-order chi connectivity index (χ1) is 11.3. The van der Waals surface area contributed by atoms with Crippen molar-refractivity contribution < 1.29 is 4.79 Å². The third-order valence-electron chi connectivity index (χ3n) is 3.25. The van der Waals surface area contributed by atoms with Crippen molar-refractivity contribution >= 4 is 17.7 Å². The first-order valence-electron chi connectivity index (χ1n) is 7.22. The van der Waals surface area contributed by atoms with Crippen LogP contribution in [-0.2, 0) is 11.3 Å². The number of benzene rings is 2. The number of aromatic nitrogens is 3. The minimum atomic E-state index is -0.314. The van der Waals surface area contributed by atoms with Gasteiger partial charge in [-0.25, -0.2) is 0 Å². The summed E-state index contributed by atoms with van der Waals surface area (Å²) in [4.78, 5) is 13.7. The zero-order valence-electron chi connectivity index (χ0n) is 12.3. The molecule has 1 aromatic heterocycles. The predicted molar refractivity (Wildman–Crippen MR) is 89.7 cm³/mol. The van der Waals surface area contributed by atoms with Gasteiger partial charge in [-0.15, -0.1) is 11.8 Å². The Balaban J connectivity index is 1.75. The van der Waals surface area contributed by atoms with Crippen LogP contribution in [0.2, 0.25) is 0 Å². The maximum absolute atomic E-state index is 12.7. The molecule has 0 radical (unpaired) electrons. The quantitative estimate of drug-likeness (QED) is 0.684. The van der Waals surface area contributed by atoms with Crippen LogP contribution in [0.3, 0.4) is 0 Å². The lowest BCUT2D eigenvalue weighted by Crippen LogP contribution is -2.27. The fraction of sp³-hybridized carbons (Fsp3) is 0.118. The van der Waals surface area contributed by atoms with Gasteiger partial charge in [-0.1, -0.05) is 48.5 Å². The zero-order valence-corrected chi connectivity index (χ0v) is 13.2. The summed E-state index contributed by atoms with van der Waals surface area (Å²) in [7, 11) is 0. The largest absolute Gasteiger partial charge is 0.349 e. The summed E-state index contributed by atoms with van der Waals surface area (Å²) in [6, 6.07) is 19.7. The van der Waals surface area contributed by atoms with E-state index in [0.29, 0.717) is 12.2 Å². The lowest BCUT2D eigenvalue weighted by atomic mass is 10.1. The average Bonchev–Trinajstić information content (AvgIpc) is 3.13. The molecule has 0 aliphatic rings. The standard InChI is InChI=1S/C17H16N4OS/c22-17(18-11-14-12-19-21-20-14)16(13-7-3-1-4-8-13)23-15-9-5-2-6-10-15/h1-10,12,16H,11H2,(H,18,22)(H,19,20,21)/t16-/m1/s1. The van der Waals surface area contributed by atoms with Gasteiger partial charge in [-0.2, -0.15) is 15.4 Å². The highest BCUT2D eigenvalue weighted by molar-refractivity contribution is 8.00. The van der Waals surface area contributed by atoms with Crippen LogP contribution in [0.15, 0.2) is 71.8 Å². The number of thioether (sulfide) groups is 1. The normalized spacial score (nSPS) is 11.8. The average molecular weight is 324 g/mol. The molecule has 116 valence electrons. The van der Waals surface area contributed by atoms with Gasteiger partial charge in [0.15, 0.2) is 0 Å². The van der Waals surface area contributed by atoms with Gasteiger partial charge in [-0.3, -0.25) is 4.79 Å². The van der Waals surface area contributed by atoms with E-state index in [-0.39, 0.29) is 11.2 Å². The number of amides is 1. The maximum atomic E-state index is 12.7. The SMILES string of the molecule is O=C(NCc1cn[nH]n1)[C@H](Sc1ccccc1)c1ccccc1. The van der Waals surface area contributed by atoms with E-state index >= 15 is 0 Å². The molecule has 1 amide bonds. The topological polar surface area (TPSA) is 70.7 Å². The second kappa shape index (κ2) is 7.60. The summed E-state index contributed by atoms with van der Waals surface area (Å²) in [6.45, 7) is 0.355. The number of aromatic amines is 1. The van der Waals surface area contributed by atoms with Crippen molar-refractivity contribution in [2.45, 2.75) is 16.7 Å². The van der Waals surface area contributed by atoms with Crippen LogP contribution in [0.5, 0.6) is 0 Å². The van der Waals surface area contributed by atoms with E-state index in [1.165, 1.54) is 11.8 Å². The molecule has 5 nitrogen and oxygen atoms in total. The molecule has 0 aliphatic carbocycles. The van der Waals surface area contributed by atoms with Gasteiger partial charge in [0.25, 0.3) is 0 Å². The molecule has 0 fully saturated rings. The van der Waals surface area contributed by atoms with E-state index in [0.717, 1.165) is 10.5 Å². The Labute approximate surface area is 138 Å². The van der Waals surface area contributed by atoms with E-state index in [4.69, 9.17) is 0 Å². The van der Waals surface area contributed by atoms with Crippen molar-refractivity contribution in [3.05, 3.63) is 78.1 Å². The Hall–Kier alpha value is -2.60. The molecular formula is C17H16N4OS. The van der Waals surface area contributed by atoms with Crippen molar-refractivity contribution in [1.82, 2.24) is 20.7 Å². The molecule has 1 heterocycles. The smallest absolute Gasteiger partial charge is 0.238 e. The Morgan fingerprint density at radius 3 is 2.43 bits per heavy atom. The molecule has 0 unspecified atom stereocenters. The van der Waals surface area contributed by atoms with Crippen molar-refractivity contribution in [1.29, 1.82) is 0 Å². The van der Waals surface area contributed by atoms with Crippen LogP contribution in [0.25, 0.3) is 0 Å². The lowest BCUT2D eigenvalue weighted by molar-refractivity contribution is -0.120. The third kappa shape index (κ3) is 4.20. The van der Waals surface area contributed by atoms with E-state index < -0.39 is 0 Å². The molecule has 0 bridgehead atoms. The van der Waals surface area contributed by atoms with Crippen LogP contribution in [0.4, 0.5) is 0 Å². The number of hydrogen-bond acceptors (Lipinski definition) is 4. The number of carbonyl (C=O) groups is 1. The maximum Gasteiger partial charge on any atom is 0.238 e. The summed E-state index contributed by atoms with van der Waals surface area (Å²) in [5.74, 6) is -0.0481.